The first-order valence-corrected chi connectivity index (χ1v) is 8.18. The van der Waals surface area contributed by atoms with Crippen molar-refractivity contribution in [3.63, 3.8) is 0 Å². The molecule has 1 aliphatic heterocycles. The highest BCUT2D eigenvalue weighted by molar-refractivity contribution is 14.0. The minimum atomic E-state index is 0. The van der Waals surface area contributed by atoms with Crippen molar-refractivity contribution in [3.8, 4) is 5.75 Å². The van der Waals surface area contributed by atoms with Crippen LogP contribution in [-0.2, 0) is 4.74 Å². The zero-order valence-corrected chi connectivity index (χ0v) is 16.5. The molecule has 5 nitrogen and oxygen atoms in total. The Morgan fingerprint density at radius 3 is 2.78 bits per heavy atom. The molecule has 2 rings (SSSR count). The number of nitrogens with zero attached hydrogens (tertiary/aromatic N) is 1. The summed E-state index contributed by atoms with van der Waals surface area (Å²) in [6.45, 7) is 5.68. The Morgan fingerprint density at radius 2 is 2.13 bits per heavy atom. The number of rotatable bonds is 7. The molecule has 23 heavy (non-hydrogen) atoms. The van der Waals surface area contributed by atoms with E-state index >= 15 is 0 Å². The van der Waals surface area contributed by atoms with Gasteiger partial charge in [-0.15, -0.1) is 24.0 Å². The quantitative estimate of drug-likeness (QED) is 0.288. The number of benzene rings is 1. The van der Waals surface area contributed by atoms with Crippen LogP contribution in [0.1, 0.15) is 19.8 Å². The van der Waals surface area contributed by atoms with Crippen LogP contribution in [0, 0.1) is 0 Å². The van der Waals surface area contributed by atoms with Gasteiger partial charge in [0.25, 0.3) is 0 Å². The summed E-state index contributed by atoms with van der Waals surface area (Å²) in [6, 6.07) is 7.35. The molecule has 7 heteroatoms. The molecule has 1 fully saturated rings. The number of halogens is 2. The maximum atomic E-state index is 5.84. The molecule has 1 unspecified atom stereocenters. The molecule has 1 heterocycles. The van der Waals surface area contributed by atoms with Crippen molar-refractivity contribution in [1.29, 1.82) is 0 Å². The van der Waals surface area contributed by atoms with Crippen LogP contribution in [0.25, 0.3) is 0 Å². The Hall–Kier alpha value is -0.730. The average molecular weight is 454 g/mol. The van der Waals surface area contributed by atoms with Gasteiger partial charge < -0.3 is 20.1 Å². The first-order valence-electron chi connectivity index (χ1n) is 7.80. The summed E-state index contributed by atoms with van der Waals surface area (Å²) in [5.74, 6) is 1.62. The third-order valence-electron chi connectivity index (χ3n) is 3.30. The van der Waals surface area contributed by atoms with Gasteiger partial charge >= 0.3 is 0 Å². The maximum absolute atomic E-state index is 5.84. The molecule has 0 saturated carbocycles. The second-order valence-corrected chi connectivity index (χ2v) is 5.52. The molecule has 0 amide bonds. The Morgan fingerprint density at radius 1 is 1.35 bits per heavy atom. The number of hydrogen-bond acceptors (Lipinski definition) is 3. The molecule has 1 aromatic carbocycles. The average Bonchev–Trinajstić information content (AvgIpc) is 3.04. The Kier molecular flexibility index (Phi) is 10.4. The molecule has 0 radical (unpaired) electrons. The van der Waals surface area contributed by atoms with E-state index in [0.29, 0.717) is 24.7 Å². The zero-order chi connectivity index (χ0) is 15.6. The summed E-state index contributed by atoms with van der Waals surface area (Å²) in [6.07, 6.45) is 2.50. The molecule has 130 valence electrons. The van der Waals surface area contributed by atoms with Crippen molar-refractivity contribution in [2.75, 3.05) is 32.8 Å². The van der Waals surface area contributed by atoms with Gasteiger partial charge in [-0.3, -0.25) is 4.99 Å². The van der Waals surface area contributed by atoms with Crippen LogP contribution in [0.5, 0.6) is 5.75 Å². The molecule has 0 bridgehead atoms. The molecule has 0 aliphatic carbocycles. The lowest BCUT2D eigenvalue weighted by Gasteiger charge is -2.13. The SMILES string of the molecule is CCNC(=NCC1CCCO1)NCCOc1ccc(Cl)cc1.I. The van der Waals surface area contributed by atoms with Crippen LogP contribution in [0.2, 0.25) is 5.02 Å². The largest absolute Gasteiger partial charge is 0.492 e. The molecular formula is C16H25ClIN3O2. The molecule has 1 aromatic rings. The lowest BCUT2D eigenvalue weighted by molar-refractivity contribution is 0.117. The van der Waals surface area contributed by atoms with E-state index < -0.39 is 0 Å². The lowest BCUT2D eigenvalue weighted by atomic mass is 10.2. The van der Waals surface area contributed by atoms with Crippen molar-refractivity contribution in [1.82, 2.24) is 10.6 Å². The fourth-order valence-electron chi connectivity index (χ4n) is 2.19. The van der Waals surface area contributed by atoms with Gasteiger partial charge in [0.15, 0.2) is 5.96 Å². The standard InChI is InChI=1S/C16H24ClN3O2.HI/c1-2-18-16(20-12-15-4-3-10-21-15)19-9-11-22-14-7-5-13(17)6-8-14;/h5-8,15H,2-4,9-12H2,1H3,(H2,18,19,20);1H. The van der Waals surface area contributed by atoms with E-state index in [2.05, 4.69) is 15.6 Å². The number of aliphatic imine (C=N–C) groups is 1. The third kappa shape index (κ3) is 8.08. The van der Waals surface area contributed by atoms with Gasteiger partial charge in [0.2, 0.25) is 0 Å². The fraction of sp³-hybridized carbons (Fsp3) is 0.562. The topological polar surface area (TPSA) is 54.9 Å². The summed E-state index contributed by atoms with van der Waals surface area (Å²) >= 11 is 5.84. The van der Waals surface area contributed by atoms with Gasteiger partial charge in [-0.1, -0.05) is 11.6 Å². The highest BCUT2D eigenvalue weighted by atomic mass is 127. The van der Waals surface area contributed by atoms with Gasteiger partial charge in [0.1, 0.15) is 12.4 Å². The molecule has 0 spiro atoms. The van der Waals surface area contributed by atoms with E-state index in [9.17, 15) is 0 Å². The van der Waals surface area contributed by atoms with Gasteiger partial charge in [0, 0.05) is 18.2 Å². The Balaban J connectivity index is 0.00000264. The van der Waals surface area contributed by atoms with E-state index in [1.165, 1.54) is 0 Å². The molecular weight excluding hydrogens is 429 g/mol. The van der Waals surface area contributed by atoms with Gasteiger partial charge in [-0.2, -0.15) is 0 Å². The minimum Gasteiger partial charge on any atom is -0.492 e. The molecule has 0 aromatic heterocycles. The monoisotopic (exact) mass is 453 g/mol. The number of ether oxygens (including phenoxy) is 2. The zero-order valence-electron chi connectivity index (χ0n) is 13.4. The lowest BCUT2D eigenvalue weighted by Crippen LogP contribution is -2.39. The van der Waals surface area contributed by atoms with Crippen LogP contribution in [-0.4, -0.2) is 44.9 Å². The van der Waals surface area contributed by atoms with Gasteiger partial charge in [-0.25, -0.2) is 0 Å². The van der Waals surface area contributed by atoms with Crippen LogP contribution in [0.3, 0.4) is 0 Å². The Bertz CT molecular complexity index is 465. The molecule has 2 N–H and O–H groups in total. The van der Waals surface area contributed by atoms with Crippen molar-refractivity contribution in [2.24, 2.45) is 4.99 Å². The number of guanidine groups is 1. The first kappa shape index (κ1) is 20.3. The van der Waals surface area contributed by atoms with Crippen LogP contribution in [0.4, 0.5) is 0 Å². The van der Waals surface area contributed by atoms with E-state index in [4.69, 9.17) is 21.1 Å². The van der Waals surface area contributed by atoms with Crippen molar-refractivity contribution < 1.29 is 9.47 Å². The van der Waals surface area contributed by atoms with Crippen molar-refractivity contribution in [2.45, 2.75) is 25.9 Å². The van der Waals surface area contributed by atoms with Crippen LogP contribution in [0.15, 0.2) is 29.3 Å². The van der Waals surface area contributed by atoms with E-state index in [0.717, 1.165) is 37.7 Å². The Labute approximate surface area is 160 Å². The predicted octanol–water partition coefficient (Wildman–Crippen LogP) is 3.07. The fourth-order valence-corrected chi connectivity index (χ4v) is 2.32. The van der Waals surface area contributed by atoms with Crippen molar-refractivity contribution >= 4 is 41.5 Å². The molecule has 1 atom stereocenters. The number of nitrogens with one attached hydrogen (secondary N) is 2. The van der Waals surface area contributed by atoms with Crippen LogP contribution >= 0.6 is 35.6 Å². The summed E-state index contributed by atoms with van der Waals surface area (Å²) in [5, 5.41) is 7.19. The van der Waals surface area contributed by atoms with E-state index in [1.54, 1.807) is 0 Å². The molecule has 1 aliphatic rings. The third-order valence-corrected chi connectivity index (χ3v) is 3.55. The maximum Gasteiger partial charge on any atom is 0.191 e. The smallest absolute Gasteiger partial charge is 0.191 e. The minimum absolute atomic E-state index is 0. The summed E-state index contributed by atoms with van der Waals surface area (Å²) < 4.78 is 11.2. The second-order valence-electron chi connectivity index (χ2n) is 5.08. The second kappa shape index (κ2) is 11.8. The van der Waals surface area contributed by atoms with Gasteiger partial charge in [-0.05, 0) is 44.0 Å². The van der Waals surface area contributed by atoms with Crippen LogP contribution < -0.4 is 15.4 Å². The van der Waals surface area contributed by atoms with Gasteiger partial charge in [0.05, 0.1) is 19.2 Å². The molecule has 1 saturated heterocycles. The first-order chi connectivity index (χ1) is 10.8. The summed E-state index contributed by atoms with van der Waals surface area (Å²) in [5.41, 5.74) is 0. The normalized spacial score (nSPS) is 17.5. The van der Waals surface area contributed by atoms with Crippen molar-refractivity contribution in [3.05, 3.63) is 29.3 Å². The summed E-state index contributed by atoms with van der Waals surface area (Å²) in [4.78, 5) is 4.55. The predicted molar refractivity (Wildman–Crippen MR) is 105 cm³/mol. The van der Waals surface area contributed by atoms with E-state index in [1.807, 2.05) is 31.2 Å². The highest BCUT2D eigenvalue weighted by Crippen LogP contribution is 2.15. The summed E-state index contributed by atoms with van der Waals surface area (Å²) in [7, 11) is 0. The number of hydrogen-bond donors (Lipinski definition) is 2. The highest BCUT2D eigenvalue weighted by Gasteiger charge is 2.14. The van der Waals surface area contributed by atoms with E-state index in [-0.39, 0.29) is 30.1 Å².